The Labute approximate surface area is 136 Å². The van der Waals surface area contributed by atoms with E-state index >= 15 is 0 Å². The predicted molar refractivity (Wildman–Crippen MR) is 91.0 cm³/mol. The number of allylic oxidation sites excluding steroid dienone is 1. The Morgan fingerprint density at radius 1 is 1.14 bits per heavy atom. The van der Waals surface area contributed by atoms with E-state index in [0.29, 0.717) is 5.92 Å². The van der Waals surface area contributed by atoms with Crippen LogP contribution in [0.2, 0.25) is 0 Å². The molecule has 0 aromatic carbocycles. The number of hydrogen-bond donors (Lipinski definition) is 0. The minimum Gasteiger partial charge on any atom is -0.369 e. The minimum atomic E-state index is -0.0943. The van der Waals surface area contributed by atoms with Crippen molar-refractivity contribution in [3.63, 3.8) is 0 Å². The quantitative estimate of drug-likeness (QED) is 0.603. The Bertz CT molecular complexity index is 455. The molecule has 0 aliphatic carbocycles. The second kappa shape index (κ2) is 5.63. The lowest BCUT2D eigenvalue weighted by atomic mass is 9.82. The largest absolute Gasteiger partial charge is 0.369 e. The monoisotopic (exact) mass is 306 g/mol. The van der Waals surface area contributed by atoms with E-state index in [-0.39, 0.29) is 22.9 Å². The highest BCUT2D eigenvalue weighted by atomic mass is 16.6. The lowest BCUT2D eigenvalue weighted by molar-refractivity contribution is -0.184. The summed E-state index contributed by atoms with van der Waals surface area (Å²) in [6.07, 6.45) is 12.1. The van der Waals surface area contributed by atoms with Crippen LogP contribution in [-0.4, -0.2) is 22.9 Å². The van der Waals surface area contributed by atoms with Gasteiger partial charge in [-0.1, -0.05) is 25.5 Å². The van der Waals surface area contributed by atoms with Crippen molar-refractivity contribution in [3.05, 3.63) is 11.6 Å². The maximum atomic E-state index is 6.82. The van der Waals surface area contributed by atoms with Gasteiger partial charge in [0, 0.05) is 0 Å². The first-order chi connectivity index (χ1) is 10.3. The van der Waals surface area contributed by atoms with E-state index in [4.69, 9.17) is 9.47 Å². The average Bonchev–Trinajstić information content (AvgIpc) is 3.00. The Morgan fingerprint density at radius 2 is 1.91 bits per heavy atom. The molecule has 3 heterocycles. The summed E-state index contributed by atoms with van der Waals surface area (Å²) in [7, 11) is 0. The molecule has 0 unspecified atom stereocenters. The molecule has 0 spiro atoms. The van der Waals surface area contributed by atoms with Gasteiger partial charge >= 0.3 is 0 Å². The molecule has 3 rings (SSSR count). The lowest BCUT2D eigenvalue weighted by Gasteiger charge is -2.39. The molecule has 0 amide bonds. The third kappa shape index (κ3) is 2.89. The molecule has 0 aromatic rings. The van der Waals surface area contributed by atoms with Crippen LogP contribution in [0.5, 0.6) is 0 Å². The van der Waals surface area contributed by atoms with Gasteiger partial charge in [-0.3, -0.25) is 0 Å². The number of rotatable bonds is 1. The summed E-state index contributed by atoms with van der Waals surface area (Å²) in [5.41, 5.74) is 1.51. The molecule has 126 valence electrons. The van der Waals surface area contributed by atoms with Crippen molar-refractivity contribution < 1.29 is 9.47 Å². The Morgan fingerprint density at radius 3 is 2.64 bits per heavy atom. The van der Waals surface area contributed by atoms with Gasteiger partial charge in [-0.25, -0.2) is 0 Å². The summed E-state index contributed by atoms with van der Waals surface area (Å²) in [5, 5.41) is 0. The average molecular weight is 306 g/mol. The zero-order valence-corrected chi connectivity index (χ0v) is 15.2. The fourth-order valence-electron chi connectivity index (χ4n) is 4.74. The molecule has 4 atom stereocenters. The van der Waals surface area contributed by atoms with Crippen molar-refractivity contribution in [1.29, 1.82) is 0 Å². The van der Waals surface area contributed by atoms with Crippen LogP contribution in [0, 0.1) is 5.92 Å². The highest BCUT2D eigenvalue weighted by molar-refractivity contribution is 5.09. The first kappa shape index (κ1) is 16.5. The third-order valence-corrected chi connectivity index (χ3v) is 6.65. The zero-order chi connectivity index (χ0) is 16.0. The molecule has 3 aliphatic heterocycles. The molecule has 0 N–H and O–H groups in total. The summed E-state index contributed by atoms with van der Waals surface area (Å²) < 4.78 is 13.4. The third-order valence-electron chi connectivity index (χ3n) is 6.65. The smallest absolute Gasteiger partial charge is 0.0924 e. The van der Waals surface area contributed by atoms with E-state index < -0.39 is 0 Å². The number of hydrogen-bond acceptors (Lipinski definition) is 2. The van der Waals surface area contributed by atoms with Crippen LogP contribution in [0.3, 0.4) is 0 Å². The maximum Gasteiger partial charge on any atom is 0.0924 e. The van der Waals surface area contributed by atoms with E-state index in [9.17, 15) is 0 Å². The van der Waals surface area contributed by atoms with Crippen LogP contribution in [0.4, 0.5) is 0 Å². The van der Waals surface area contributed by atoms with Crippen molar-refractivity contribution in [2.75, 3.05) is 0 Å². The number of ether oxygens (including phenoxy) is 2. The van der Waals surface area contributed by atoms with E-state index in [0.717, 1.165) is 19.3 Å². The van der Waals surface area contributed by atoms with Gasteiger partial charge in [0.15, 0.2) is 0 Å². The summed E-state index contributed by atoms with van der Waals surface area (Å²) in [5.74, 6) is 0.550. The highest BCUT2D eigenvalue weighted by Crippen LogP contribution is 2.51. The van der Waals surface area contributed by atoms with Crippen LogP contribution in [0.15, 0.2) is 11.6 Å². The highest BCUT2D eigenvalue weighted by Gasteiger charge is 2.54. The standard InChI is InChI=1S/C20H34O2/c1-15(2)20-12-8-16(3)7-6-10-18(4)11-9-17(21-18)19(5,22-20)13-14-20/h8,15,17H,6-7,9-14H2,1-5H3/b16-8+/t17-,18-,19+,20+/m0/s1. The van der Waals surface area contributed by atoms with E-state index in [1.165, 1.54) is 37.7 Å². The van der Waals surface area contributed by atoms with Crippen molar-refractivity contribution in [2.24, 2.45) is 5.92 Å². The van der Waals surface area contributed by atoms with Gasteiger partial charge in [-0.2, -0.15) is 0 Å². The van der Waals surface area contributed by atoms with Crippen molar-refractivity contribution >= 4 is 0 Å². The van der Waals surface area contributed by atoms with Crippen molar-refractivity contribution in [3.8, 4) is 0 Å². The van der Waals surface area contributed by atoms with Crippen LogP contribution >= 0.6 is 0 Å². The molecule has 2 nitrogen and oxygen atoms in total. The molecule has 0 radical (unpaired) electrons. The fourth-order valence-corrected chi connectivity index (χ4v) is 4.74. The van der Waals surface area contributed by atoms with Crippen LogP contribution in [-0.2, 0) is 9.47 Å². The summed E-state index contributed by atoms with van der Waals surface area (Å²) >= 11 is 0. The van der Waals surface area contributed by atoms with Crippen molar-refractivity contribution in [1.82, 2.24) is 0 Å². The zero-order valence-electron chi connectivity index (χ0n) is 15.2. The molecule has 2 saturated heterocycles. The molecule has 22 heavy (non-hydrogen) atoms. The lowest BCUT2D eigenvalue weighted by Crippen LogP contribution is -2.45. The second-order valence-corrected chi connectivity index (χ2v) is 8.84. The normalized spacial score (nSPS) is 48.6. The molecule has 0 saturated carbocycles. The van der Waals surface area contributed by atoms with Gasteiger partial charge in [0.05, 0.1) is 22.9 Å². The fraction of sp³-hybridized carbons (Fsp3) is 0.900. The van der Waals surface area contributed by atoms with E-state index in [2.05, 4.69) is 40.7 Å². The first-order valence-electron chi connectivity index (χ1n) is 9.31. The molecular weight excluding hydrogens is 272 g/mol. The second-order valence-electron chi connectivity index (χ2n) is 8.84. The molecule has 3 aliphatic rings. The van der Waals surface area contributed by atoms with Gasteiger partial charge in [0.1, 0.15) is 0 Å². The molecule has 2 heteroatoms. The number of fused-ring (bicyclic) bond motifs is 5. The SMILES string of the molecule is C/C1=C\C[C@]2(C(C)C)CC[C@@](C)(O2)[C@@H]2CC[C@](C)(CCC1)O2. The van der Waals surface area contributed by atoms with Crippen molar-refractivity contribution in [2.45, 2.75) is 109 Å². The Hall–Kier alpha value is -0.340. The van der Waals surface area contributed by atoms with Crippen LogP contribution in [0.25, 0.3) is 0 Å². The van der Waals surface area contributed by atoms with Gasteiger partial charge in [0.2, 0.25) is 0 Å². The summed E-state index contributed by atoms with van der Waals surface area (Å²) in [6.45, 7) is 11.5. The molecule has 0 aromatic heterocycles. The predicted octanol–water partition coefficient (Wildman–Crippen LogP) is 5.41. The molecule has 2 fully saturated rings. The van der Waals surface area contributed by atoms with Gasteiger partial charge < -0.3 is 9.47 Å². The van der Waals surface area contributed by atoms with Gasteiger partial charge in [0.25, 0.3) is 0 Å². The van der Waals surface area contributed by atoms with Crippen LogP contribution < -0.4 is 0 Å². The first-order valence-corrected chi connectivity index (χ1v) is 9.31. The van der Waals surface area contributed by atoms with E-state index in [1.54, 1.807) is 0 Å². The Kier molecular flexibility index (Phi) is 4.23. The van der Waals surface area contributed by atoms with Gasteiger partial charge in [-0.05, 0) is 78.1 Å². The van der Waals surface area contributed by atoms with Crippen LogP contribution in [0.1, 0.15) is 86.0 Å². The topological polar surface area (TPSA) is 18.5 Å². The summed E-state index contributed by atoms with van der Waals surface area (Å²) in [6, 6.07) is 0. The summed E-state index contributed by atoms with van der Waals surface area (Å²) in [4.78, 5) is 0. The minimum absolute atomic E-state index is 0.0115. The Balaban J connectivity index is 1.91. The molecular formula is C20H34O2. The molecule has 4 bridgehead atoms. The van der Waals surface area contributed by atoms with E-state index in [1.807, 2.05) is 0 Å². The van der Waals surface area contributed by atoms with Gasteiger partial charge in [-0.15, -0.1) is 0 Å². The maximum absolute atomic E-state index is 6.82.